The van der Waals surface area contributed by atoms with Gasteiger partial charge < -0.3 is 24.2 Å². The number of carbonyl (C=O) groups is 3. The second-order valence-electron chi connectivity index (χ2n) is 12.7. The molecule has 2 aliphatic rings. The smallest absolute Gasteiger partial charge is 0.340 e. The van der Waals surface area contributed by atoms with Gasteiger partial charge in [-0.25, -0.2) is 9.78 Å². The van der Waals surface area contributed by atoms with Gasteiger partial charge in [-0.15, -0.1) is 0 Å². The summed E-state index contributed by atoms with van der Waals surface area (Å²) in [5.41, 5.74) is 11.5. The van der Waals surface area contributed by atoms with Gasteiger partial charge in [0.25, 0.3) is 0 Å². The molecule has 0 spiro atoms. The van der Waals surface area contributed by atoms with E-state index in [0.717, 1.165) is 56.4 Å². The zero-order valence-corrected chi connectivity index (χ0v) is 30.5. The van der Waals surface area contributed by atoms with E-state index in [0.29, 0.717) is 34.6 Å². The first-order chi connectivity index (χ1) is 24.0. The molecule has 3 aromatic heterocycles. The Morgan fingerprint density at radius 2 is 1.48 bits per heavy atom. The zero-order valence-electron chi connectivity index (χ0n) is 30.5. The molecule has 50 heavy (non-hydrogen) atoms. The van der Waals surface area contributed by atoms with Crippen LogP contribution in [0.15, 0.2) is 24.8 Å². The first kappa shape index (κ1) is 36.3. The SMILES string of the molecule is C=Cc1c(C)c2cc3nc(c(CC(=O)OCC)c4nc(cc5[nH]c(cc1[nH]2)c(C)c5CC)C(C)=C4C(=O)OCC)[C@@H](CCC(=O)OCC)[C@@H]3C. The molecular formula is C40H48N4O6. The van der Waals surface area contributed by atoms with Crippen LogP contribution in [-0.4, -0.2) is 57.7 Å². The molecule has 10 heteroatoms. The molecule has 2 N–H and O–H groups in total. The molecule has 264 valence electrons. The third kappa shape index (κ3) is 6.88. The van der Waals surface area contributed by atoms with Crippen LogP contribution in [0.1, 0.15) is 117 Å². The van der Waals surface area contributed by atoms with Crippen LogP contribution in [0.4, 0.5) is 0 Å². The number of nitrogens with one attached hydrogen (secondary N) is 2. The van der Waals surface area contributed by atoms with Crippen LogP contribution in [0.3, 0.4) is 0 Å². The molecule has 5 heterocycles. The molecule has 0 unspecified atom stereocenters. The fourth-order valence-electron chi connectivity index (χ4n) is 7.15. The summed E-state index contributed by atoms with van der Waals surface area (Å²) in [4.78, 5) is 57.2. The Kier molecular flexibility index (Phi) is 11.1. The number of hydrogen-bond donors (Lipinski definition) is 2. The van der Waals surface area contributed by atoms with Gasteiger partial charge >= 0.3 is 17.9 Å². The van der Waals surface area contributed by atoms with E-state index in [4.69, 9.17) is 24.2 Å². The minimum atomic E-state index is -0.532. The standard InChI is InChI=1S/C40H48N4O6/c1-10-25-21(6)29-18-31-23(8)27(15-16-35(45)48-12-3)38(43-31)28(17-36(46)49-13-4)39-37(40(47)50-14-5)24(9)32(44-39)20-34-26(11-2)22(7)30(42-34)19-33(25)41-29/h10,18-20,23,27,41-42H,1,11-17H2,2-9H3/t23-,27-/m0/s1. The summed E-state index contributed by atoms with van der Waals surface area (Å²) < 4.78 is 16.3. The van der Waals surface area contributed by atoms with Crippen molar-refractivity contribution in [3.63, 3.8) is 0 Å². The minimum Gasteiger partial charge on any atom is -0.466 e. The molecule has 0 radical (unpaired) electrons. The molecule has 2 aliphatic heterocycles. The van der Waals surface area contributed by atoms with Crippen LogP contribution in [0.5, 0.6) is 0 Å². The van der Waals surface area contributed by atoms with Crippen molar-refractivity contribution in [2.24, 2.45) is 0 Å². The average Bonchev–Trinajstić information content (AvgIpc) is 3.76. The Morgan fingerprint density at radius 3 is 2.14 bits per heavy atom. The van der Waals surface area contributed by atoms with Crippen molar-refractivity contribution in [2.75, 3.05) is 19.8 Å². The Bertz CT molecular complexity index is 2050. The predicted octanol–water partition coefficient (Wildman–Crippen LogP) is 7.97. The predicted molar refractivity (Wildman–Crippen MR) is 196 cm³/mol. The Morgan fingerprint density at radius 1 is 0.820 bits per heavy atom. The number of H-pyrrole nitrogens is 2. The van der Waals surface area contributed by atoms with Crippen molar-refractivity contribution in [3.8, 4) is 0 Å². The topological polar surface area (TPSA) is 136 Å². The summed E-state index contributed by atoms with van der Waals surface area (Å²) in [6.45, 7) is 20.2. The maximum atomic E-state index is 13.7. The van der Waals surface area contributed by atoms with E-state index in [2.05, 4.69) is 43.4 Å². The lowest BCUT2D eigenvalue weighted by atomic mass is 9.84. The van der Waals surface area contributed by atoms with Gasteiger partial charge in [-0.05, 0) is 94.8 Å². The molecule has 0 saturated carbocycles. The van der Waals surface area contributed by atoms with Crippen LogP contribution in [-0.2, 0) is 41.4 Å². The highest BCUT2D eigenvalue weighted by atomic mass is 16.5. The summed E-state index contributed by atoms with van der Waals surface area (Å²) in [6, 6.07) is 6.09. The molecular weight excluding hydrogens is 632 g/mol. The molecule has 0 aromatic carbocycles. The molecule has 3 aromatic rings. The molecule has 0 aliphatic carbocycles. The normalized spacial score (nSPS) is 15.6. The van der Waals surface area contributed by atoms with Gasteiger partial charge in [-0.1, -0.05) is 26.5 Å². The number of carbonyl (C=O) groups excluding carboxylic acids is 3. The van der Waals surface area contributed by atoms with Crippen molar-refractivity contribution < 1.29 is 28.6 Å². The number of esters is 3. The fourth-order valence-corrected chi connectivity index (χ4v) is 7.15. The Balaban J connectivity index is 1.99. The number of nitrogens with zero attached hydrogens (tertiary/aromatic N) is 2. The first-order valence-corrected chi connectivity index (χ1v) is 17.6. The highest BCUT2D eigenvalue weighted by Gasteiger charge is 2.36. The lowest BCUT2D eigenvalue weighted by Crippen LogP contribution is -2.16. The number of allylic oxidation sites excluding steroid dienone is 1. The van der Waals surface area contributed by atoms with Gasteiger partial charge in [0.1, 0.15) is 0 Å². The van der Waals surface area contributed by atoms with Gasteiger partial charge in [-0.2, -0.15) is 0 Å². The first-order valence-electron chi connectivity index (χ1n) is 17.6. The van der Waals surface area contributed by atoms with E-state index in [9.17, 15) is 14.4 Å². The second-order valence-corrected chi connectivity index (χ2v) is 12.7. The quantitative estimate of drug-likeness (QED) is 0.154. The van der Waals surface area contributed by atoms with Crippen LogP contribution >= 0.6 is 0 Å². The average molecular weight is 681 g/mol. The summed E-state index contributed by atoms with van der Waals surface area (Å²) in [7, 11) is 0. The lowest BCUT2D eigenvalue weighted by Gasteiger charge is -2.18. The third-order valence-corrected chi connectivity index (χ3v) is 9.80. The van der Waals surface area contributed by atoms with Gasteiger partial charge in [-0.3, -0.25) is 14.6 Å². The monoisotopic (exact) mass is 680 g/mol. The van der Waals surface area contributed by atoms with Crippen molar-refractivity contribution in [1.29, 1.82) is 0 Å². The summed E-state index contributed by atoms with van der Waals surface area (Å²) in [6.07, 6.45) is 3.04. The van der Waals surface area contributed by atoms with Gasteiger partial charge in [0, 0.05) is 57.1 Å². The summed E-state index contributed by atoms with van der Waals surface area (Å²) in [5.74, 6) is -1.75. The van der Waals surface area contributed by atoms with E-state index < -0.39 is 11.9 Å². The van der Waals surface area contributed by atoms with E-state index in [1.807, 2.05) is 32.1 Å². The van der Waals surface area contributed by atoms with Crippen LogP contribution in [0.25, 0.3) is 39.3 Å². The van der Waals surface area contributed by atoms with Crippen molar-refractivity contribution >= 4 is 57.2 Å². The highest BCUT2D eigenvalue weighted by molar-refractivity contribution is 6.25. The van der Waals surface area contributed by atoms with Crippen LogP contribution < -0.4 is 0 Å². The number of aryl methyl sites for hydroxylation is 3. The maximum Gasteiger partial charge on any atom is 0.340 e. The molecule has 2 atom stereocenters. The maximum absolute atomic E-state index is 13.7. The summed E-state index contributed by atoms with van der Waals surface area (Å²) >= 11 is 0. The summed E-state index contributed by atoms with van der Waals surface area (Å²) in [5, 5.41) is 0. The molecule has 10 nitrogen and oxygen atoms in total. The number of ether oxygens (including phenoxy) is 3. The largest absolute Gasteiger partial charge is 0.466 e. The number of rotatable bonds is 11. The molecule has 0 amide bonds. The molecule has 5 rings (SSSR count). The molecule has 0 saturated heterocycles. The van der Waals surface area contributed by atoms with Gasteiger partial charge in [0.05, 0.1) is 48.9 Å². The van der Waals surface area contributed by atoms with Gasteiger partial charge in [0.15, 0.2) is 0 Å². The van der Waals surface area contributed by atoms with Gasteiger partial charge in [0.2, 0.25) is 0 Å². The third-order valence-electron chi connectivity index (χ3n) is 9.80. The Hall–Kier alpha value is -4.99. The molecule has 8 bridgehead atoms. The van der Waals surface area contributed by atoms with Crippen molar-refractivity contribution in [1.82, 2.24) is 19.9 Å². The lowest BCUT2D eigenvalue weighted by molar-refractivity contribution is -0.144. The van der Waals surface area contributed by atoms with Crippen LogP contribution in [0.2, 0.25) is 0 Å². The van der Waals surface area contributed by atoms with E-state index in [1.54, 1.807) is 20.8 Å². The van der Waals surface area contributed by atoms with Crippen LogP contribution in [0, 0.1) is 13.8 Å². The number of aromatic amines is 2. The second kappa shape index (κ2) is 15.3. The Labute approximate surface area is 293 Å². The van der Waals surface area contributed by atoms with E-state index >= 15 is 0 Å². The van der Waals surface area contributed by atoms with Crippen molar-refractivity contribution in [2.45, 2.75) is 92.9 Å². The minimum absolute atomic E-state index is 0.150. The fraction of sp³-hybridized carbons (Fsp3) is 0.425. The number of hydrogen-bond acceptors (Lipinski definition) is 8. The van der Waals surface area contributed by atoms with E-state index in [1.165, 1.54) is 0 Å². The zero-order chi connectivity index (χ0) is 36.3. The number of fused-ring (bicyclic) bond motifs is 8. The molecule has 0 fully saturated rings. The van der Waals surface area contributed by atoms with Crippen molar-refractivity contribution in [3.05, 3.63) is 75.4 Å². The highest BCUT2D eigenvalue weighted by Crippen LogP contribution is 2.44. The van der Waals surface area contributed by atoms with E-state index in [-0.39, 0.29) is 56.0 Å². The number of aromatic nitrogens is 4.